The van der Waals surface area contributed by atoms with E-state index in [9.17, 15) is 19.7 Å². The number of carbonyl (C=O) groups excluding carboxylic acids is 2. The van der Waals surface area contributed by atoms with Crippen molar-refractivity contribution in [2.45, 2.75) is 12.3 Å². The Bertz CT molecular complexity index is 1260. The molecule has 2 aromatic carbocycles. The van der Waals surface area contributed by atoms with Crippen LogP contribution in [0.1, 0.15) is 33.8 Å². The van der Waals surface area contributed by atoms with Crippen molar-refractivity contribution in [1.82, 2.24) is 15.3 Å². The van der Waals surface area contributed by atoms with Gasteiger partial charge in [-0.25, -0.2) is 9.48 Å². The number of amidine groups is 1. The van der Waals surface area contributed by atoms with Crippen LogP contribution in [0.4, 0.5) is 5.69 Å². The minimum absolute atomic E-state index is 0.0416. The zero-order valence-corrected chi connectivity index (χ0v) is 17.1. The maximum Gasteiger partial charge on any atom is 0.363 e. The number of aromatic nitrogens is 2. The molecule has 0 aliphatic carbocycles. The number of ether oxygens (including phenoxy) is 1. The van der Waals surface area contributed by atoms with Gasteiger partial charge in [-0.2, -0.15) is 10.6 Å². The third-order valence-electron chi connectivity index (χ3n) is 5.05. The lowest BCUT2D eigenvalue weighted by Crippen LogP contribution is -2.28. The monoisotopic (exact) mass is 450 g/mol. The van der Waals surface area contributed by atoms with E-state index in [1.165, 1.54) is 29.2 Å². The number of nitrogens with zero attached hydrogens (tertiary/aromatic N) is 3. The van der Waals surface area contributed by atoms with E-state index in [1.54, 1.807) is 24.3 Å². The Morgan fingerprint density at radius 3 is 2.79 bits per heavy atom. The first kappa shape index (κ1) is 21.5. The summed E-state index contributed by atoms with van der Waals surface area (Å²) in [6.07, 6.45) is 2.96. The minimum Gasteiger partial charge on any atom is -0.493 e. The second-order valence-corrected chi connectivity index (χ2v) is 7.20. The molecule has 168 valence electrons. The molecule has 1 atom stereocenters. The number of nitro groups is 1. The molecule has 1 aliphatic rings. The molecular weight excluding hydrogens is 432 g/mol. The van der Waals surface area contributed by atoms with Gasteiger partial charge in [-0.15, -0.1) is 0 Å². The number of amides is 1. The van der Waals surface area contributed by atoms with Gasteiger partial charge in [0.05, 0.1) is 17.1 Å². The molecule has 12 nitrogen and oxygen atoms in total. The summed E-state index contributed by atoms with van der Waals surface area (Å²) < 4.78 is 6.85. The topological polar surface area (TPSA) is 175 Å². The molecule has 33 heavy (non-hydrogen) atoms. The number of hydroxylamine groups is 1. The molecular formula is C21H18N6O6. The molecule has 0 radical (unpaired) electrons. The highest BCUT2D eigenvalue weighted by Gasteiger charge is 2.28. The van der Waals surface area contributed by atoms with E-state index in [2.05, 4.69) is 10.6 Å². The van der Waals surface area contributed by atoms with Crippen molar-refractivity contribution in [1.29, 1.82) is 5.41 Å². The summed E-state index contributed by atoms with van der Waals surface area (Å²) in [6, 6.07) is 10.4. The first-order valence-electron chi connectivity index (χ1n) is 9.73. The fourth-order valence-electron chi connectivity index (χ4n) is 3.44. The van der Waals surface area contributed by atoms with Gasteiger partial charge in [0.1, 0.15) is 17.3 Å². The Balaban J connectivity index is 1.40. The van der Waals surface area contributed by atoms with E-state index < -0.39 is 16.8 Å². The average Bonchev–Trinajstić information content (AvgIpc) is 3.47. The third kappa shape index (κ3) is 4.49. The predicted octanol–water partition coefficient (Wildman–Crippen LogP) is 1.82. The van der Waals surface area contributed by atoms with Crippen molar-refractivity contribution >= 4 is 23.4 Å². The Labute approximate surface area is 186 Å². The lowest BCUT2D eigenvalue weighted by molar-refractivity contribution is -0.384. The lowest BCUT2D eigenvalue weighted by Gasteiger charge is -2.11. The molecule has 1 amide bonds. The van der Waals surface area contributed by atoms with Crippen molar-refractivity contribution in [3.63, 3.8) is 0 Å². The predicted molar refractivity (Wildman–Crippen MR) is 114 cm³/mol. The molecule has 0 saturated carbocycles. The maximum atomic E-state index is 12.3. The molecule has 0 saturated heterocycles. The fourth-order valence-corrected chi connectivity index (χ4v) is 3.44. The Kier molecular flexibility index (Phi) is 5.72. The lowest BCUT2D eigenvalue weighted by atomic mass is 9.96. The van der Waals surface area contributed by atoms with Crippen molar-refractivity contribution in [2.75, 3.05) is 6.61 Å². The Hall–Kier alpha value is -4.74. The van der Waals surface area contributed by atoms with Gasteiger partial charge in [-0.3, -0.25) is 20.3 Å². The van der Waals surface area contributed by atoms with Gasteiger partial charge in [0, 0.05) is 41.9 Å². The van der Waals surface area contributed by atoms with Gasteiger partial charge < -0.3 is 15.3 Å². The molecule has 12 heteroatoms. The quantitative estimate of drug-likeness (QED) is 0.220. The normalized spacial score (nSPS) is 14.1. The van der Waals surface area contributed by atoms with Crippen LogP contribution in [0.3, 0.4) is 0 Å². The number of hydrogen-bond acceptors (Lipinski definition) is 8. The van der Waals surface area contributed by atoms with Gasteiger partial charge in [0.25, 0.3) is 11.6 Å². The van der Waals surface area contributed by atoms with Crippen LogP contribution < -0.4 is 16.0 Å². The molecule has 0 bridgehead atoms. The van der Waals surface area contributed by atoms with Crippen molar-refractivity contribution in [3.05, 3.63) is 81.7 Å². The highest BCUT2D eigenvalue weighted by atomic mass is 16.7. The number of benzene rings is 2. The highest BCUT2D eigenvalue weighted by molar-refractivity contribution is 5.95. The van der Waals surface area contributed by atoms with Crippen molar-refractivity contribution < 1.29 is 24.1 Å². The largest absolute Gasteiger partial charge is 0.493 e. The smallest absolute Gasteiger partial charge is 0.363 e. The van der Waals surface area contributed by atoms with Crippen molar-refractivity contribution in [2.24, 2.45) is 5.73 Å². The number of hydrogen-bond donors (Lipinski definition) is 3. The van der Waals surface area contributed by atoms with E-state index >= 15 is 0 Å². The second-order valence-electron chi connectivity index (χ2n) is 7.20. The summed E-state index contributed by atoms with van der Waals surface area (Å²) in [7, 11) is 0. The molecule has 1 unspecified atom stereocenters. The summed E-state index contributed by atoms with van der Waals surface area (Å²) in [5.74, 6) is -1.36. The van der Waals surface area contributed by atoms with E-state index in [4.69, 9.17) is 20.7 Å². The van der Waals surface area contributed by atoms with Crippen molar-refractivity contribution in [3.8, 4) is 11.4 Å². The summed E-state index contributed by atoms with van der Waals surface area (Å²) in [5.41, 5.74) is 8.54. The molecule has 2 heterocycles. The number of rotatable bonds is 6. The zero-order chi connectivity index (χ0) is 23.5. The minimum atomic E-state index is -0.958. The van der Waals surface area contributed by atoms with Crippen LogP contribution in [-0.4, -0.2) is 39.0 Å². The Morgan fingerprint density at radius 2 is 2.09 bits per heavy atom. The van der Waals surface area contributed by atoms with E-state index in [1.807, 2.05) is 0 Å². The number of nitrogen functional groups attached to an aromatic ring is 1. The van der Waals surface area contributed by atoms with Crippen LogP contribution in [0.25, 0.3) is 5.69 Å². The van der Waals surface area contributed by atoms with Gasteiger partial charge in [0.2, 0.25) is 0 Å². The van der Waals surface area contributed by atoms with Gasteiger partial charge in [-0.05, 0) is 36.4 Å². The van der Waals surface area contributed by atoms with E-state index in [0.717, 1.165) is 11.6 Å². The van der Waals surface area contributed by atoms with Crippen LogP contribution in [0.2, 0.25) is 0 Å². The first-order valence-corrected chi connectivity index (χ1v) is 9.73. The summed E-state index contributed by atoms with van der Waals surface area (Å²) in [6.45, 7) is 0.249. The van der Waals surface area contributed by atoms with Crippen LogP contribution in [0, 0.1) is 15.5 Å². The van der Waals surface area contributed by atoms with Gasteiger partial charge in [-0.1, -0.05) is 0 Å². The molecule has 1 aliphatic heterocycles. The van der Waals surface area contributed by atoms with Crippen LogP contribution >= 0.6 is 0 Å². The number of fused-ring (bicyclic) bond motifs is 1. The van der Waals surface area contributed by atoms with E-state index in [0.29, 0.717) is 11.3 Å². The van der Waals surface area contributed by atoms with E-state index in [-0.39, 0.29) is 41.7 Å². The van der Waals surface area contributed by atoms with Crippen LogP contribution in [-0.2, 0) is 9.63 Å². The van der Waals surface area contributed by atoms with Gasteiger partial charge in [0.15, 0.2) is 0 Å². The number of carbonyl (C=O) groups is 2. The van der Waals surface area contributed by atoms with Crippen LogP contribution in [0.5, 0.6) is 5.75 Å². The molecule has 3 aromatic rings. The number of nitrogens with one attached hydrogen (secondary N) is 2. The standard InChI is InChI=1S/C21H18N6O6/c22-20(23)12-3-5-18-15(8-12)14(11-32-18)10-19(28)25-33-21(29)13-2-4-16(17(9-13)27(30)31)26-7-1-6-24-26/h1-9,14H,10-11H2,(H3,22,23)(H,25,28). The fraction of sp³-hybridized carbons (Fsp3) is 0.143. The summed E-state index contributed by atoms with van der Waals surface area (Å²) in [5, 5.41) is 22.9. The molecule has 0 spiro atoms. The third-order valence-corrected chi connectivity index (χ3v) is 5.05. The summed E-state index contributed by atoms with van der Waals surface area (Å²) >= 11 is 0. The maximum absolute atomic E-state index is 12.3. The SMILES string of the molecule is N=C(N)c1ccc2c(c1)C(CC(=O)NOC(=O)c1ccc(-n3cccn3)c([N+](=O)[O-])c1)CO2. The molecule has 1 aromatic heterocycles. The number of nitro benzene ring substituents is 1. The molecule has 4 N–H and O–H groups in total. The molecule has 4 rings (SSSR count). The highest BCUT2D eigenvalue weighted by Crippen LogP contribution is 2.36. The zero-order valence-electron chi connectivity index (χ0n) is 17.1. The van der Waals surface area contributed by atoms with Gasteiger partial charge >= 0.3 is 5.97 Å². The first-order chi connectivity index (χ1) is 15.8. The Morgan fingerprint density at radius 1 is 1.30 bits per heavy atom. The number of nitrogens with two attached hydrogens (primary N) is 1. The average molecular weight is 450 g/mol. The second kappa shape index (κ2) is 8.78. The molecule has 0 fully saturated rings. The van der Waals surface area contributed by atoms with Crippen LogP contribution in [0.15, 0.2) is 54.9 Å². The summed E-state index contributed by atoms with van der Waals surface area (Å²) in [4.78, 5) is 40.3.